The molecule has 1 amide bonds. The number of rotatable bonds is 6. The molecule has 120 valence electrons. The van der Waals surface area contributed by atoms with Crippen LogP contribution < -0.4 is 10.1 Å². The van der Waals surface area contributed by atoms with Gasteiger partial charge in [-0.15, -0.1) is 0 Å². The van der Waals surface area contributed by atoms with Crippen LogP contribution >= 0.6 is 0 Å². The maximum atomic E-state index is 13.6. The average molecular weight is 317 g/mol. The van der Waals surface area contributed by atoms with Crippen molar-refractivity contribution in [1.82, 2.24) is 0 Å². The molecular formula is C17H16FNO4. The van der Waals surface area contributed by atoms with Crippen LogP contribution in [-0.4, -0.2) is 25.1 Å². The van der Waals surface area contributed by atoms with E-state index in [1.165, 1.54) is 24.3 Å². The van der Waals surface area contributed by atoms with Crippen molar-refractivity contribution in [3.8, 4) is 5.75 Å². The third-order valence-corrected chi connectivity index (χ3v) is 2.87. The monoisotopic (exact) mass is 317 g/mol. The van der Waals surface area contributed by atoms with E-state index in [0.717, 1.165) is 0 Å². The Kier molecular flexibility index (Phi) is 5.68. The second-order valence-corrected chi connectivity index (χ2v) is 4.56. The Morgan fingerprint density at radius 3 is 2.65 bits per heavy atom. The van der Waals surface area contributed by atoms with Crippen LogP contribution in [0.2, 0.25) is 0 Å². The van der Waals surface area contributed by atoms with Gasteiger partial charge in [0.25, 0.3) is 5.91 Å². The van der Waals surface area contributed by atoms with E-state index in [1.807, 2.05) is 0 Å². The number of ether oxygens (including phenoxy) is 2. The van der Waals surface area contributed by atoms with E-state index in [9.17, 15) is 14.0 Å². The van der Waals surface area contributed by atoms with Crippen LogP contribution in [0.15, 0.2) is 48.5 Å². The zero-order valence-corrected chi connectivity index (χ0v) is 12.5. The van der Waals surface area contributed by atoms with Crippen molar-refractivity contribution in [2.24, 2.45) is 0 Å². The van der Waals surface area contributed by atoms with Gasteiger partial charge in [0.2, 0.25) is 0 Å². The molecule has 0 atom stereocenters. The number of anilines is 1. The van der Waals surface area contributed by atoms with E-state index in [1.54, 1.807) is 31.2 Å². The fourth-order valence-corrected chi connectivity index (χ4v) is 1.85. The van der Waals surface area contributed by atoms with Crippen LogP contribution in [0.25, 0.3) is 0 Å². The van der Waals surface area contributed by atoms with Gasteiger partial charge in [0.05, 0.1) is 12.2 Å². The van der Waals surface area contributed by atoms with E-state index < -0.39 is 17.7 Å². The Morgan fingerprint density at radius 2 is 1.91 bits per heavy atom. The van der Waals surface area contributed by atoms with Crippen LogP contribution in [0.1, 0.15) is 17.3 Å². The summed E-state index contributed by atoms with van der Waals surface area (Å²) in [6.45, 7) is 1.76. The molecule has 1 N–H and O–H groups in total. The second-order valence-electron chi connectivity index (χ2n) is 4.56. The molecule has 5 nitrogen and oxygen atoms in total. The van der Waals surface area contributed by atoms with Crippen molar-refractivity contribution in [3.63, 3.8) is 0 Å². The topological polar surface area (TPSA) is 64.6 Å². The van der Waals surface area contributed by atoms with Crippen LogP contribution in [0.3, 0.4) is 0 Å². The van der Waals surface area contributed by atoms with Crippen molar-refractivity contribution in [2.45, 2.75) is 6.92 Å². The molecule has 2 rings (SSSR count). The van der Waals surface area contributed by atoms with Crippen LogP contribution in [0.4, 0.5) is 10.1 Å². The highest BCUT2D eigenvalue weighted by Crippen LogP contribution is 2.18. The van der Waals surface area contributed by atoms with Crippen molar-refractivity contribution in [1.29, 1.82) is 0 Å². The first-order valence-electron chi connectivity index (χ1n) is 7.04. The van der Waals surface area contributed by atoms with Gasteiger partial charge in [0.15, 0.2) is 6.61 Å². The summed E-state index contributed by atoms with van der Waals surface area (Å²) in [7, 11) is 0. The fraction of sp³-hybridized carbons (Fsp3) is 0.176. The molecule has 0 saturated carbocycles. The molecule has 0 spiro atoms. The fourth-order valence-electron chi connectivity index (χ4n) is 1.85. The molecule has 2 aromatic rings. The highest BCUT2D eigenvalue weighted by Gasteiger charge is 2.11. The Morgan fingerprint density at radius 1 is 1.13 bits per heavy atom. The van der Waals surface area contributed by atoms with E-state index in [2.05, 4.69) is 5.32 Å². The SMILES string of the molecule is CCOC(=O)COc1cccc(NC(=O)c2ccccc2F)c1. The molecule has 0 unspecified atom stereocenters. The summed E-state index contributed by atoms with van der Waals surface area (Å²) in [5.74, 6) is -1.25. The van der Waals surface area contributed by atoms with Crippen molar-refractivity contribution in [2.75, 3.05) is 18.5 Å². The smallest absolute Gasteiger partial charge is 0.344 e. The molecule has 2 aromatic carbocycles. The minimum atomic E-state index is -0.597. The molecule has 0 aliphatic rings. The normalized spacial score (nSPS) is 10.0. The van der Waals surface area contributed by atoms with E-state index in [-0.39, 0.29) is 18.8 Å². The van der Waals surface area contributed by atoms with E-state index >= 15 is 0 Å². The first kappa shape index (κ1) is 16.5. The molecule has 0 aromatic heterocycles. The Hall–Kier alpha value is -2.89. The third kappa shape index (κ3) is 4.81. The van der Waals surface area contributed by atoms with Crippen LogP contribution in [0.5, 0.6) is 5.75 Å². The van der Waals surface area contributed by atoms with Gasteiger partial charge in [-0.25, -0.2) is 9.18 Å². The predicted molar refractivity (Wildman–Crippen MR) is 82.9 cm³/mol. The average Bonchev–Trinajstić information content (AvgIpc) is 2.54. The number of carbonyl (C=O) groups is 2. The Balaban J connectivity index is 2.01. The second kappa shape index (κ2) is 7.93. The van der Waals surface area contributed by atoms with Crippen molar-refractivity contribution >= 4 is 17.6 Å². The molecule has 0 radical (unpaired) electrons. The first-order chi connectivity index (χ1) is 11.1. The third-order valence-electron chi connectivity index (χ3n) is 2.87. The summed E-state index contributed by atoms with van der Waals surface area (Å²) in [6, 6.07) is 12.2. The highest BCUT2D eigenvalue weighted by molar-refractivity contribution is 6.04. The number of halogens is 1. The lowest BCUT2D eigenvalue weighted by Crippen LogP contribution is -2.15. The highest BCUT2D eigenvalue weighted by atomic mass is 19.1. The molecule has 6 heteroatoms. The Bertz CT molecular complexity index is 702. The van der Waals surface area contributed by atoms with Crippen molar-refractivity contribution in [3.05, 3.63) is 59.9 Å². The quantitative estimate of drug-likeness (QED) is 0.832. The van der Waals surface area contributed by atoms with E-state index in [4.69, 9.17) is 9.47 Å². The lowest BCUT2D eigenvalue weighted by atomic mass is 10.2. The number of esters is 1. The summed E-state index contributed by atoms with van der Waals surface area (Å²) >= 11 is 0. The molecule has 0 aliphatic heterocycles. The number of amides is 1. The van der Waals surface area contributed by atoms with Gasteiger partial charge >= 0.3 is 5.97 Å². The van der Waals surface area contributed by atoms with E-state index in [0.29, 0.717) is 11.4 Å². The number of hydrogen-bond acceptors (Lipinski definition) is 4. The largest absolute Gasteiger partial charge is 0.482 e. The molecular weight excluding hydrogens is 301 g/mol. The van der Waals surface area contributed by atoms with Crippen LogP contribution in [-0.2, 0) is 9.53 Å². The standard InChI is InChI=1S/C17H16FNO4/c1-2-22-16(20)11-23-13-7-5-6-12(10-13)19-17(21)14-8-3-4-9-15(14)18/h3-10H,2,11H2,1H3,(H,19,21). The van der Waals surface area contributed by atoms with Crippen LogP contribution in [0, 0.1) is 5.82 Å². The maximum absolute atomic E-state index is 13.6. The lowest BCUT2D eigenvalue weighted by molar-refractivity contribution is -0.145. The van der Waals surface area contributed by atoms with Crippen molar-refractivity contribution < 1.29 is 23.5 Å². The zero-order chi connectivity index (χ0) is 16.7. The van der Waals surface area contributed by atoms with Gasteiger partial charge in [0, 0.05) is 11.8 Å². The number of nitrogens with one attached hydrogen (secondary N) is 1. The lowest BCUT2D eigenvalue weighted by Gasteiger charge is -2.09. The summed E-state index contributed by atoms with van der Waals surface area (Å²) in [4.78, 5) is 23.3. The maximum Gasteiger partial charge on any atom is 0.344 e. The number of carbonyl (C=O) groups excluding carboxylic acids is 2. The van der Waals surface area contributed by atoms with Gasteiger partial charge in [-0.3, -0.25) is 4.79 Å². The van der Waals surface area contributed by atoms with Gasteiger partial charge in [-0.1, -0.05) is 18.2 Å². The summed E-state index contributed by atoms with van der Waals surface area (Å²) < 4.78 is 23.6. The van der Waals surface area contributed by atoms with Gasteiger partial charge in [0.1, 0.15) is 11.6 Å². The van der Waals surface area contributed by atoms with Gasteiger partial charge in [-0.2, -0.15) is 0 Å². The summed E-state index contributed by atoms with van der Waals surface area (Å²) in [5, 5.41) is 2.58. The minimum absolute atomic E-state index is 0.0506. The summed E-state index contributed by atoms with van der Waals surface area (Å²) in [6.07, 6.45) is 0. The number of benzene rings is 2. The first-order valence-corrected chi connectivity index (χ1v) is 7.04. The van der Waals surface area contributed by atoms with Gasteiger partial charge in [-0.05, 0) is 31.2 Å². The molecule has 0 saturated heterocycles. The summed E-state index contributed by atoms with van der Waals surface area (Å²) in [5.41, 5.74) is 0.380. The van der Waals surface area contributed by atoms with Gasteiger partial charge < -0.3 is 14.8 Å². The molecule has 0 fully saturated rings. The predicted octanol–water partition coefficient (Wildman–Crippen LogP) is 3.02. The molecule has 0 heterocycles. The zero-order valence-electron chi connectivity index (χ0n) is 12.5. The number of hydrogen-bond donors (Lipinski definition) is 1. The minimum Gasteiger partial charge on any atom is -0.482 e. The molecule has 23 heavy (non-hydrogen) atoms. The molecule has 0 aliphatic carbocycles. The Labute approximate surface area is 133 Å². The molecule has 0 bridgehead atoms.